The zero-order valence-corrected chi connectivity index (χ0v) is 55.1. The molecule has 0 radical (unpaired) electrons. The van der Waals surface area contributed by atoms with Gasteiger partial charge in [-0.25, -0.2) is 28.4 Å². The van der Waals surface area contributed by atoms with Crippen molar-refractivity contribution in [1.82, 2.24) is 47.8 Å². The Bertz CT molecular complexity index is 4530. The highest BCUT2D eigenvalue weighted by Gasteiger charge is 2.65. The van der Waals surface area contributed by atoms with Gasteiger partial charge in [0.15, 0.2) is 60.2 Å². The fourth-order valence-electron chi connectivity index (χ4n) is 11.3. The summed E-state index contributed by atoms with van der Waals surface area (Å²) < 4.78 is 133. The molecule has 37 nitrogen and oxygen atoms in total. The van der Waals surface area contributed by atoms with E-state index in [2.05, 4.69) is 21.5 Å². The van der Waals surface area contributed by atoms with Gasteiger partial charge in [-0.1, -0.05) is 36.1 Å². The summed E-state index contributed by atoms with van der Waals surface area (Å²) in [6.45, 7) is 18.1. The molecule has 39 heteroatoms. The number of H-pyrrole nitrogens is 5. The number of rotatable bonds is 9. The van der Waals surface area contributed by atoms with Gasteiger partial charge in [0.05, 0.1) is 29.2 Å². The summed E-state index contributed by atoms with van der Waals surface area (Å²) in [5.41, 5.74) is -7.02. The fourth-order valence-corrected chi connectivity index (χ4v) is 11.9. The second-order valence-electron chi connectivity index (χ2n) is 24.4. The van der Waals surface area contributed by atoms with Gasteiger partial charge in [0, 0.05) is 61.3 Å². The number of halogens is 2. The first-order chi connectivity index (χ1) is 47.3. The number of aliphatic hydroxyl groups is 4. The third kappa shape index (κ3) is 15.3. The second kappa shape index (κ2) is 27.9. The van der Waals surface area contributed by atoms with Crippen LogP contribution >= 0.6 is 22.6 Å². The lowest BCUT2D eigenvalue weighted by atomic mass is 10.1. The molecule has 9 aliphatic heterocycles. The Kier molecular flexibility index (Phi) is 19.0. The Morgan fingerprint density at radius 1 is 0.464 bits per heavy atom. The van der Waals surface area contributed by atoms with E-state index in [1.165, 1.54) is 24.7 Å². The lowest BCUT2D eigenvalue weighted by Gasteiger charge is -2.27. The SMILES string of the molecule is [2H][C@@]1(n2ccc(=O)[nH]c2=O)OC(=C)[C@H]2OC(C)(C)O[C@H]21.[2H][C@@]1(n2ccc(=O)[nH]c2=O)O[C@H](CC)[C@H]2OC(C)(C)O[C@H]21.[2H][C@@]1(n2ccc(=O)[nH]c2=O)O[C@H](CO)[C@@H](O)[C@H]1O.[2H][C@@]1(n2ccc(=O)[nH]c2=O)O[C@H](CO)[C@H]2OC(C)(C)O[C@H]21.[2H][C@@]1(n2ccc(=O)[nH]c2=O)O[C@](F)(CI)[C@H]2OC(C)(C)O[C@H]21. The highest BCUT2D eigenvalue weighted by Crippen LogP contribution is 2.50. The zero-order chi connectivity index (χ0) is 75.4. The van der Waals surface area contributed by atoms with Crippen molar-refractivity contribution >= 4 is 22.6 Å². The topological polar surface area (TPSA) is 475 Å². The number of hydrogen-bond donors (Lipinski definition) is 9. The summed E-state index contributed by atoms with van der Waals surface area (Å²) >= 11 is 1.78. The molecule has 0 saturated carbocycles. The summed E-state index contributed by atoms with van der Waals surface area (Å²) in [6, 6.07) is 5.46. The van der Waals surface area contributed by atoms with E-state index in [0.29, 0.717) is 11.0 Å². The fraction of sp³-hybridized carbons (Fsp3) is 0.621. The van der Waals surface area contributed by atoms with Crippen molar-refractivity contribution in [2.24, 2.45) is 0 Å². The number of aromatic nitrogens is 10. The minimum absolute atomic E-state index is 0.107. The highest BCUT2D eigenvalue weighted by atomic mass is 127. The van der Waals surface area contributed by atoms with Crippen LogP contribution in [-0.2, 0) is 61.6 Å². The summed E-state index contributed by atoms with van der Waals surface area (Å²) in [7, 11) is 0. The Hall–Kier alpha value is -7.04. The Balaban J connectivity index is 0.000000137. The number of alkyl halides is 2. The number of fused-ring (bicyclic) bond motifs is 4. The molecule has 9 N–H and O–H groups in total. The second-order valence-corrected chi connectivity index (χ2v) is 25.1. The average Bonchev–Trinajstić information content (AvgIpc) is 1.56. The van der Waals surface area contributed by atoms with Crippen LogP contribution < -0.4 is 56.2 Å². The third-order valence-electron chi connectivity index (χ3n) is 15.4. The number of aliphatic hydroxyl groups excluding tert-OH is 4. The molecule has 9 aliphatic rings. The predicted octanol–water partition coefficient (Wildman–Crippen LogP) is -2.76. The molecular formula is C58H74FIN10O27. The Morgan fingerprint density at radius 2 is 0.804 bits per heavy atom. The first-order valence-electron chi connectivity index (χ1n) is 32.3. The van der Waals surface area contributed by atoms with E-state index in [4.69, 9.17) is 73.5 Å². The minimum Gasteiger partial charge on any atom is -0.469 e. The van der Waals surface area contributed by atoms with Crippen LogP contribution in [0.2, 0.25) is 0 Å². The maximum absolute atomic E-state index is 15.0. The highest BCUT2D eigenvalue weighted by molar-refractivity contribution is 14.1. The van der Waals surface area contributed by atoms with Crippen LogP contribution in [-0.4, -0.2) is 194 Å². The Labute approximate surface area is 565 Å². The molecule has 0 amide bonds. The third-order valence-corrected chi connectivity index (χ3v) is 16.5. The quantitative estimate of drug-likeness (QED) is 0.0533. The first kappa shape index (κ1) is 65.9. The largest absolute Gasteiger partial charge is 0.469 e. The molecule has 5 aromatic rings. The molecule has 0 unspecified atom stereocenters. The van der Waals surface area contributed by atoms with Gasteiger partial charge in [-0.15, -0.1) is 0 Å². The van der Waals surface area contributed by atoms with Crippen molar-refractivity contribution in [1.29, 1.82) is 0 Å². The van der Waals surface area contributed by atoms with Crippen molar-refractivity contribution in [3.8, 4) is 0 Å². The van der Waals surface area contributed by atoms with Crippen LogP contribution in [0, 0.1) is 0 Å². The predicted molar refractivity (Wildman–Crippen MR) is 332 cm³/mol. The lowest BCUT2D eigenvalue weighted by molar-refractivity contribution is -0.246. The van der Waals surface area contributed by atoms with E-state index in [1.54, 1.807) is 78.0 Å². The van der Waals surface area contributed by atoms with Crippen LogP contribution in [0.3, 0.4) is 0 Å². The van der Waals surface area contributed by atoms with Gasteiger partial charge in [0.2, 0.25) is 12.1 Å². The van der Waals surface area contributed by atoms with Crippen LogP contribution in [0.5, 0.6) is 0 Å². The summed E-state index contributed by atoms with van der Waals surface area (Å²) in [5, 5.41) is 37.6. The van der Waals surface area contributed by atoms with Crippen LogP contribution in [0.1, 0.15) is 107 Å². The average molecular weight is 1490 g/mol. The maximum Gasteiger partial charge on any atom is 0.331 e. The van der Waals surface area contributed by atoms with E-state index in [1.807, 2.05) is 16.9 Å². The maximum atomic E-state index is 15.0. The molecule has 19 atom stereocenters. The standard InChI is InChI=1S/C13H18N2O5.C12H14FIN2O5.C12H16N2O6.C12H14N2O5.C9H12N2O6/c1-4-7-9-10(20-13(2,3)19-9)11(18-7)15-6-5-8(16)14-12(15)17;1-11(2)19-7-8(20-11)12(13,5-14)21-9(7)16-4-3-6(17)15-10(16)18;1-12(2)19-8-6(5-15)18-10(9(8)20-12)14-4-3-7(16)13-11(14)17;1-6-8-9(19-12(2,3)18-8)10(17-6)14-5-4-7(15)13-11(14)16;12-3-4-6(14)7(15)8(17-4)11-2-1-5(13)10-9(11)16/h5-7,9-11H,4H2,1-3H3,(H,14,16,17);3-4,7-9H,5H2,1-2H3,(H,15,17,18);3-4,6,8-10,15H,5H2,1-2H3,(H,13,16,17);4-5,8-10H,1H2,2-3H3,(H,13,15,16);1-2,4,6-8,12,14-15H,3H2,(H,10,13,16)/t7-,9-,10-,11-;7-,8+,9-,12-;6-,8-,9-,10-;8-,9-,10-;4-,6-,7-,8-/m11111/s1/i11D;9D;2*10D;8D. The van der Waals surface area contributed by atoms with Gasteiger partial charge in [0.25, 0.3) is 27.8 Å². The molecule has 0 spiro atoms. The zero-order valence-electron chi connectivity index (χ0n) is 58.0. The number of aromatic amines is 5. The Morgan fingerprint density at radius 3 is 1.21 bits per heavy atom. The van der Waals surface area contributed by atoms with Gasteiger partial charge in [-0.3, -0.25) is 71.7 Å². The molecule has 9 saturated heterocycles. The number of hydrogen-bond acceptors (Lipinski definition) is 27. The number of ether oxygens (including phenoxy) is 13. The van der Waals surface area contributed by atoms with Crippen molar-refractivity contribution in [2.75, 3.05) is 17.6 Å². The van der Waals surface area contributed by atoms with Gasteiger partial charge in [-0.2, -0.15) is 0 Å². The van der Waals surface area contributed by atoms with Crippen molar-refractivity contribution in [3.05, 3.63) is 178 Å². The van der Waals surface area contributed by atoms with Crippen molar-refractivity contribution in [2.45, 2.75) is 208 Å². The smallest absolute Gasteiger partial charge is 0.331 e. The molecule has 9 fully saturated rings. The van der Waals surface area contributed by atoms with Gasteiger partial charge in [0.1, 0.15) is 68.2 Å². The monoisotopic (exact) mass is 1490 g/mol. The summed E-state index contributed by atoms with van der Waals surface area (Å²) in [5.74, 6) is -5.87. The molecule has 532 valence electrons. The molecule has 0 bridgehead atoms. The molecule has 5 aromatic heterocycles. The van der Waals surface area contributed by atoms with E-state index in [-0.39, 0.29) is 22.9 Å². The van der Waals surface area contributed by atoms with E-state index < -0.39 is 196 Å². The van der Waals surface area contributed by atoms with Gasteiger partial charge >= 0.3 is 28.4 Å². The molecule has 97 heavy (non-hydrogen) atoms. The minimum atomic E-state index is -2.30. The molecule has 0 aliphatic carbocycles. The molecule has 14 rings (SSSR count). The van der Waals surface area contributed by atoms with E-state index >= 15 is 0 Å². The van der Waals surface area contributed by atoms with Crippen LogP contribution in [0.15, 0.2) is 122 Å². The normalized spacial score (nSPS) is 39.2. The van der Waals surface area contributed by atoms with Gasteiger partial charge in [-0.05, 0) is 61.8 Å². The van der Waals surface area contributed by atoms with Crippen molar-refractivity contribution < 1.29 is 93.2 Å². The van der Waals surface area contributed by atoms with E-state index in [9.17, 15) is 67.7 Å². The molecule has 0 aromatic carbocycles. The first-order valence-corrected chi connectivity index (χ1v) is 31.3. The number of nitrogens with zero attached hydrogens (tertiary/aromatic N) is 5. The lowest BCUT2D eigenvalue weighted by Crippen LogP contribution is -2.40. The van der Waals surface area contributed by atoms with Gasteiger partial charge < -0.3 is 82.0 Å². The summed E-state index contributed by atoms with van der Waals surface area (Å²) in [6.07, 6.45) is -15.9. The van der Waals surface area contributed by atoms with Crippen molar-refractivity contribution in [3.63, 3.8) is 0 Å². The molecule has 14 heterocycles. The summed E-state index contributed by atoms with van der Waals surface area (Å²) in [4.78, 5) is 125. The van der Waals surface area contributed by atoms with Crippen LogP contribution in [0.25, 0.3) is 0 Å². The number of nitrogens with one attached hydrogen (secondary N) is 5. The van der Waals surface area contributed by atoms with E-state index in [0.717, 1.165) is 54.9 Å². The van der Waals surface area contributed by atoms with Crippen LogP contribution in [0.4, 0.5) is 4.39 Å². The molecular weight excluding hydrogens is 1410 g/mol.